The van der Waals surface area contributed by atoms with Crippen LogP contribution in [-0.4, -0.2) is 13.1 Å². The van der Waals surface area contributed by atoms with E-state index in [2.05, 4.69) is 4.74 Å². The third-order valence-electron chi connectivity index (χ3n) is 2.78. The number of carbonyl (C=O) groups is 1. The van der Waals surface area contributed by atoms with Gasteiger partial charge in [-0.25, -0.2) is 9.18 Å². The van der Waals surface area contributed by atoms with Crippen molar-refractivity contribution >= 4 is 11.7 Å². The molecule has 2 N–H and O–H groups in total. The highest BCUT2D eigenvalue weighted by Gasteiger charge is 2.15. The molecule has 0 unspecified atom stereocenters. The molecule has 0 atom stereocenters. The first-order chi connectivity index (χ1) is 9.51. The zero-order valence-electron chi connectivity index (χ0n) is 11.1. The quantitative estimate of drug-likeness (QED) is 0.689. The Morgan fingerprint density at radius 2 is 1.90 bits per heavy atom. The number of nitrogens with two attached hydrogens (primary N) is 1. The fourth-order valence-corrected chi connectivity index (χ4v) is 1.71. The monoisotopic (exact) mass is 275 g/mol. The SMILES string of the molecule is COC(=O)c1cc(N)ccc1Oc1cc(F)ccc1C. The number of hydrogen-bond donors (Lipinski definition) is 1. The van der Waals surface area contributed by atoms with Crippen LogP contribution in [0.1, 0.15) is 15.9 Å². The van der Waals surface area contributed by atoms with Gasteiger partial charge in [0.1, 0.15) is 22.9 Å². The second-order valence-corrected chi connectivity index (χ2v) is 4.26. The van der Waals surface area contributed by atoms with E-state index in [1.54, 1.807) is 25.1 Å². The highest BCUT2D eigenvalue weighted by atomic mass is 19.1. The number of hydrogen-bond acceptors (Lipinski definition) is 4. The maximum absolute atomic E-state index is 13.2. The maximum Gasteiger partial charge on any atom is 0.341 e. The number of carbonyl (C=O) groups excluding carboxylic acids is 1. The lowest BCUT2D eigenvalue weighted by atomic mass is 10.1. The van der Waals surface area contributed by atoms with Crippen molar-refractivity contribution in [1.82, 2.24) is 0 Å². The summed E-state index contributed by atoms with van der Waals surface area (Å²) in [4.78, 5) is 11.7. The average Bonchev–Trinajstić information content (AvgIpc) is 2.43. The topological polar surface area (TPSA) is 61.5 Å². The molecule has 2 rings (SSSR count). The molecule has 20 heavy (non-hydrogen) atoms. The largest absolute Gasteiger partial charge is 0.465 e. The van der Waals surface area contributed by atoms with Gasteiger partial charge in [-0.2, -0.15) is 0 Å². The van der Waals surface area contributed by atoms with Gasteiger partial charge in [0.25, 0.3) is 0 Å². The normalized spacial score (nSPS) is 10.2. The number of rotatable bonds is 3. The van der Waals surface area contributed by atoms with Crippen molar-refractivity contribution in [3.63, 3.8) is 0 Å². The van der Waals surface area contributed by atoms with E-state index < -0.39 is 11.8 Å². The molecule has 0 heterocycles. The Hall–Kier alpha value is -2.56. The molecular weight excluding hydrogens is 261 g/mol. The Labute approximate surface area is 115 Å². The van der Waals surface area contributed by atoms with E-state index in [4.69, 9.17) is 10.5 Å². The standard InChI is InChI=1S/C15H14FNO3/c1-9-3-4-10(16)7-14(9)20-13-6-5-11(17)8-12(13)15(18)19-2/h3-8H,17H2,1-2H3. The van der Waals surface area contributed by atoms with Gasteiger partial charge in [-0.1, -0.05) is 6.07 Å². The van der Waals surface area contributed by atoms with Gasteiger partial charge in [-0.05, 0) is 36.8 Å². The third-order valence-corrected chi connectivity index (χ3v) is 2.78. The summed E-state index contributed by atoms with van der Waals surface area (Å²) in [5, 5.41) is 0. The second-order valence-electron chi connectivity index (χ2n) is 4.26. The number of anilines is 1. The fraction of sp³-hybridized carbons (Fsp3) is 0.133. The van der Waals surface area contributed by atoms with Gasteiger partial charge in [-0.3, -0.25) is 0 Å². The molecule has 0 fully saturated rings. The van der Waals surface area contributed by atoms with Crippen molar-refractivity contribution in [2.24, 2.45) is 0 Å². The Morgan fingerprint density at radius 1 is 1.15 bits per heavy atom. The first-order valence-corrected chi connectivity index (χ1v) is 5.93. The fourth-order valence-electron chi connectivity index (χ4n) is 1.71. The lowest BCUT2D eigenvalue weighted by molar-refractivity contribution is 0.0598. The molecule has 0 amide bonds. The van der Waals surface area contributed by atoms with Crippen LogP contribution in [0.15, 0.2) is 36.4 Å². The van der Waals surface area contributed by atoms with E-state index in [-0.39, 0.29) is 11.3 Å². The van der Waals surface area contributed by atoms with Crippen molar-refractivity contribution < 1.29 is 18.7 Å². The van der Waals surface area contributed by atoms with Crippen LogP contribution in [0.25, 0.3) is 0 Å². The third kappa shape index (κ3) is 2.88. The van der Waals surface area contributed by atoms with Gasteiger partial charge in [-0.15, -0.1) is 0 Å². The van der Waals surface area contributed by atoms with Crippen LogP contribution >= 0.6 is 0 Å². The molecule has 104 valence electrons. The van der Waals surface area contributed by atoms with Gasteiger partial charge in [0, 0.05) is 11.8 Å². The van der Waals surface area contributed by atoms with E-state index in [1.807, 2.05) is 0 Å². The minimum atomic E-state index is -0.568. The zero-order valence-corrected chi connectivity index (χ0v) is 11.1. The Balaban J connectivity index is 2.43. The molecule has 0 aliphatic carbocycles. The lowest BCUT2D eigenvalue weighted by Crippen LogP contribution is -2.05. The summed E-state index contributed by atoms with van der Waals surface area (Å²) < 4.78 is 23.5. The molecule has 0 saturated heterocycles. The van der Waals surface area contributed by atoms with Crippen LogP contribution < -0.4 is 10.5 Å². The molecule has 0 aromatic heterocycles. The van der Waals surface area contributed by atoms with E-state index >= 15 is 0 Å². The minimum absolute atomic E-state index is 0.191. The molecule has 0 spiro atoms. The number of ether oxygens (including phenoxy) is 2. The zero-order chi connectivity index (χ0) is 14.7. The van der Waals surface area contributed by atoms with Crippen molar-refractivity contribution in [3.05, 3.63) is 53.3 Å². The van der Waals surface area contributed by atoms with Crippen LogP contribution in [0.2, 0.25) is 0 Å². The van der Waals surface area contributed by atoms with Gasteiger partial charge in [0.15, 0.2) is 0 Å². The first kappa shape index (κ1) is 13.9. The van der Waals surface area contributed by atoms with Crippen LogP contribution in [0, 0.1) is 12.7 Å². The summed E-state index contributed by atoms with van der Waals surface area (Å²) in [6.45, 7) is 1.78. The van der Waals surface area contributed by atoms with Crippen molar-refractivity contribution in [3.8, 4) is 11.5 Å². The van der Waals surface area contributed by atoms with E-state index in [9.17, 15) is 9.18 Å². The number of aryl methyl sites for hydroxylation is 1. The predicted molar refractivity (Wildman–Crippen MR) is 73.4 cm³/mol. The first-order valence-electron chi connectivity index (χ1n) is 5.93. The summed E-state index contributed by atoms with van der Waals surface area (Å²) in [6.07, 6.45) is 0. The molecule has 4 nitrogen and oxygen atoms in total. The molecule has 0 aliphatic heterocycles. The predicted octanol–water partition coefficient (Wildman–Crippen LogP) is 3.30. The van der Waals surface area contributed by atoms with Crippen molar-refractivity contribution in [2.75, 3.05) is 12.8 Å². The molecule has 0 bridgehead atoms. The van der Waals surface area contributed by atoms with E-state index in [0.717, 1.165) is 5.56 Å². The van der Waals surface area contributed by atoms with Gasteiger partial charge in [0.2, 0.25) is 0 Å². The Kier molecular flexibility index (Phi) is 3.89. The molecule has 5 heteroatoms. The molecule has 0 radical (unpaired) electrons. The van der Waals surface area contributed by atoms with Crippen LogP contribution in [0.4, 0.5) is 10.1 Å². The molecule has 2 aromatic carbocycles. The number of halogens is 1. The van der Waals surface area contributed by atoms with Crippen LogP contribution in [0.3, 0.4) is 0 Å². The number of benzene rings is 2. The smallest absolute Gasteiger partial charge is 0.341 e. The Morgan fingerprint density at radius 3 is 2.60 bits per heavy atom. The molecule has 0 saturated carbocycles. The van der Waals surface area contributed by atoms with Crippen LogP contribution in [-0.2, 0) is 4.74 Å². The maximum atomic E-state index is 13.2. The summed E-state index contributed by atoms with van der Waals surface area (Å²) in [5.74, 6) is -0.387. The molecule has 2 aromatic rings. The summed E-state index contributed by atoms with van der Waals surface area (Å²) in [7, 11) is 1.27. The summed E-state index contributed by atoms with van der Waals surface area (Å²) in [5.41, 5.74) is 6.99. The van der Waals surface area contributed by atoms with Crippen LogP contribution in [0.5, 0.6) is 11.5 Å². The average molecular weight is 275 g/mol. The lowest BCUT2D eigenvalue weighted by Gasteiger charge is -2.12. The second kappa shape index (κ2) is 5.61. The number of nitrogen functional groups attached to an aromatic ring is 1. The Bertz CT molecular complexity index is 656. The number of methoxy groups -OCH3 is 1. The van der Waals surface area contributed by atoms with Gasteiger partial charge >= 0.3 is 5.97 Å². The summed E-state index contributed by atoms with van der Waals surface area (Å²) >= 11 is 0. The van der Waals surface area contributed by atoms with E-state index in [0.29, 0.717) is 11.4 Å². The molecular formula is C15H14FNO3. The van der Waals surface area contributed by atoms with E-state index in [1.165, 1.54) is 25.3 Å². The minimum Gasteiger partial charge on any atom is -0.465 e. The highest BCUT2D eigenvalue weighted by Crippen LogP contribution is 2.30. The van der Waals surface area contributed by atoms with Gasteiger partial charge in [0.05, 0.1) is 7.11 Å². The molecule has 0 aliphatic rings. The summed E-state index contributed by atoms with van der Waals surface area (Å²) in [6, 6.07) is 8.79. The van der Waals surface area contributed by atoms with Gasteiger partial charge < -0.3 is 15.2 Å². The van der Waals surface area contributed by atoms with Crippen molar-refractivity contribution in [1.29, 1.82) is 0 Å². The highest BCUT2D eigenvalue weighted by molar-refractivity contribution is 5.93. The van der Waals surface area contributed by atoms with Crippen molar-refractivity contribution in [2.45, 2.75) is 6.92 Å². The number of esters is 1.